The number of ether oxygens (including phenoxy) is 1. The van der Waals surface area contributed by atoms with Crippen LogP contribution in [0.2, 0.25) is 0 Å². The lowest BCUT2D eigenvalue weighted by atomic mass is 9.79. The zero-order valence-corrected chi connectivity index (χ0v) is 14.7. The Labute approximate surface area is 162 Å². The molecule has 0 aliphatic carbocycles. The van der Waals surface area contributed by atoms with E-state index in [0.29, 0.717) is 29.5 Å². The van der Waals surface area contributed by atoms with Crippen LogP contribution in [0.15, 0.2) is 60.8 Å². The summed E-state index contributed by atoms with van der Waals surface area (Å²) in [5, 5.41) is 2.36. The number of nitrogens with zero attached hydrogens (tertiary/aromatic N) is 1. The van der Waals surface area contributed by atoms with Gasteiger partial charge in [-0.3, -0.25) is 4.79 Å². The highest BCUT2D eigenvalue weighted by atomic mass is 19.4. The molecule has 0 saturated carbocycles. The summed E-state index contributed by atoms with van der Waals surface area (Å²) < 4.78 is 70.7. The van der Waals surface area contributed by atoms with Gasteiger partial charge in [-0.1, -0.05) is 12.1 Å². The first-order valence-corrected chi connectivity index (χ1v) is 8.38. The number of carbonyl (C=O) groups excluding carboxylic acids is 1. The Morgan fingerprint density at radius 3 is 2.41 bits per heavy atom. The molecule has 4 nitrogen and oxygen atoms in total. The van der Waals surface area contributed by atoms with Crippen molar-refractivity contribution in [1.29, 1.82) is 0 Å². The SMILES string of the molecule is O=C(NCc1ccnc(Oc2ccc(F)cc2)c1)c1cc([B-](F)(F)F)ccc1F. The molecule has 0 bridgehead atoms. The second kappa shape index (κ2) is 8.30. The van der Waals surface area contributed by atoms with E-state index in [9.17, 15) is 26.5 Å². The highest BCUT2D eigenvalue weighted by Crippen LogP contribution is 2.20. The molecule has 1 aromatic heterocycles. The standard InChI is InChI=1S/C19H13BF5N2O2/c21-14-2-4-15(5-3-14)29-18-9-12(7-8-26-18)11-27-19(28)16-10-13(20(23,24)25)1-6-17(16)22/h1-10H,11H2,(H,27,28)/q-1. The number of pyridine rings is 1. The average Bonchev–Trinajstić information content (AvgIpc) is 2.68. The third kappa shape index (κ3) is 5.31. The quantitative estimate of drug-likeness (QED) is 0.494. The van der Waals surface area contributed by atoms with E-state index in [1.807, 2.05) is 0 Å². The van der Waals surface area contributed by atoms with Crippen LogP contribution >= 0.6 is 0 Å². The van der Waals surface area contributed by atoms with Gasteiger partial charge in [-0.15, -0.1) is 5.46 Å². The molecular weight excluding hydrogens is 394 g/mol. The maximum absolute atomic E-state index is 13.8. The fraction of sp³-hybridized carbons (Fsp3) is 0.0526. The molecule has 29 heavy (non-hydrogen) atoms. The first-order valence-electron chi connectivity index (χ1n) is 8.38. The molecular formula is C19H13BF5N2O2-. The second-order valence-electron chi connectivity index (χ2n) is 6.06. The van der Waals surface area contributed by atoms with Gasteiger partial charge in [-0.25, -0.2) is 13.8 Å². The van der Waals surface area contributed by atoms with Crippen LogP contribution in [0, 0.1) is 11.6 Å². The van der Waals surface area contributed by atoms with Gasteiger partial charge in [0.2, 0.25) is 5.88 Å². The zero-order valence-electron chi connectivity index (χ0n) is 14.7. The molecule has 0 spiro atoms. The lowest BCUT2D eigenvalue weighted by molar-refractivity contribution is 0.0947. The van der Waals surface area contributed by atoms with E-state index in [1.54, 1.807) is 6.07 Å². The summed E-state index contributed by atoms with van der Waals surface area (Å²) in [6.07, 6.45) is 1.40. The average molecular weight is 407 g/mol. The number of nitrogens with one attached hydrogen (secondary N) is 1. The predicted octanol–water partition coefficient (Wildman–Crippen LogP) is 4.14. The molecule has 0 atom stereocenters. The van der Waals surface area contributed by atoms with E-state index >= 15 is 0 Å². The number of hydrogen-bond donors (Lipinski definition) is 1. The van der Waals surface area contributed by atoms with Crippen molar-refractivity contribution in [1.82, 2.24) is 10.3 Å². The van der Waals surface area contributed by atoms with Crippen molar-refractivity contribution in [3.8, 4) is 11.6 Å². The molecule has 0 radical (unpaired) electrons. The highest BCUT2D eigenvalue weighted by molar-refractivity contribution is 6.73. The summed E-state index contributed by atoms with van der Waals surface area (Å²) in [5.74, 6) is -1.96. The van der Waals surface area contributed by atoms with Crippen LogP contribution in [0.1, 0.15) is 15.9 Å². The van der Waals surface area contributed by atoms with Gasteiger partial charge >= 0.3 is 6.98 Å². The van der Waals surface area contributed by atoms with Crippen LogP contribution < -0.4 is 15.5 Å². The number of carbonyl (C=O) groups is 1. The molecule has 1 heterocycles. The maximum Gasteiger partial charge on any atom is 0.509 e. The number of benzene rings is 2. The number of aromatic nitrogens is 1. The minimum atomic E-state index is -5.36. The second-order valence-corrected chi connectivity index (χ2v) is 6.06. The van der Waals surface area contributed by atoms with Crippen molar-refractivity contribution in [3.63, 3.8) is 0 Å². The lowest BCUT2D eigenvalue weighted by Crippen LogP contribution is -2.35. The number of halogens is 5. The number of amides is 1. The number of hydrogen-bond acceptors (Lipinski definition) is 3. The summed E-state index contributed by atoms with van der Waals surface area (Å²) in [5.41, 5.74) is -1.24. The summed E-state index contributed by atoms with van der Waals surface area (Å²) in [7, 11) is 0. The minimum absolute atomic E-state index is 0.0953. The monoisotopic (exact) mass is 407 g/mol. The lowest BCUT2D eigenvalue weighted by Gasteiger charge is -2.16. The van der Waals surface area contributed by atoms with Gasteiger partial charge in [0.25, 0.3) is 5.91 Å². The molecule has 1 N–H and O–H groups in total. The Morgan fingerprint density at radius 2 is 1.72 bits per heavy atom. The van der Waals surface area contributed by atoms with E-state index < -0.39 is 35.5 Å². The molecule has 3 aromatic rings. The van der Waals surface area contributed by atoms with Gasteiger partial charge < -0.3 is 23.0 Å². The van der Waals surface area contributed by atoms with Crippen LogP contribution in [-0.4, -0.2) is 17.9 Å². The van der Waals surface area contributed by atoms with Crippen LogP contribution in [0.5, 0.6) is 11.6 Å². The van der Waals surface area contributed by atoms with Crippen LogP contribution in [-0.2, 0) is 6.54 Å². The molecule has 0 saturated heterocycles. The van der Waals surface area contributed by atoms with Gasteiger partial charge in [0.1, 0.15) is 17.4 Å². The van der Waals surface area contributed by atoms with Gasteiger partial charge in [0.05, 0.1) is 5.56 Å². The van der Waals surface area contributed by atoms with Crippen molar-refractivity contribution in [3.05, 3.63) is 83.6 Å². The van der Waals surface area contributed by atoms with Gasteiger partial charge in [0, 0.05) is 18.8 Å². The predicted molar refractivity (Wildman–Crippen MR) is 97.0 cm³/mol. The van der Waals surface area contributed by atoms with Crippen LogP contribution in [0.25, 0.3) is 0 Å². The van der Waals surface area contributed by atoms with Gasteiger partial charge in [-0.2, -0.15) is 0 Å². The van der Waals surface area contributed by atoms with E-state index in [1.165, 1.54) is 36.5 Å². The summed E-state index contributed by atoms with van der Waals surface area (Å²) >= 11 is 0. The Hall–Kier alpha value is -3.43. The summed E-state index contributed by atoms with van der Waals surface area (Å²) in [6, 6.07) is 9.95. The third-order valence-corrected chi connectivity index (χ3v) is 3.90. The molecule has 0 aliphatic heterocycles. The van der Waals surface area contributed by atoms with Crippen molar-refractivity contribution in [2.75, 3.05) is 0 Å². The Bertz CT molecular complexity index is 1030. The molecule has 10 heteroatoms. The fourth-order valence-electron chi connectivity index (χ4n) is 2.44. The Balaban J connectivity index is 1.68. The zero-order chi connectivity index (χ0) is 21.0. The summed E-state index contributed by atoms with van der Waals surface area (Å²) in [4.78, 5) is 16.1. The van der Waals surface area contributed by atoms with E-state index in [2.05, 4.69) is 10.3 Å². The van der Waals surface area contributed by atoms with Crippen molar-refractivity contribution in [2.24, 2.45) is 0 Å². The molecule has 3 rings (SSSR count). The molecule has 150 valence electrons. The molecule has 0 aliphatic rings. The highest BCUT2D eigenvalue weighted by Gasteiger charge is 2.27. The van der Waals surface area contributed by atoms with Crippen LogP contribution in [0.3, 0.4) is 0 Å². The first-order chi connectivity index (χ1) is 13.7. The van der Waals surface area contributed by atoms with Gasteiger partial charge in [-0.05, 0) is 42.0 Å². The van der Waals surface area contributed by atoms with E-state index in [0.717, 1.165) is 0 Å². The molecule has 0 unspecified atom stereocenters. The first kappa shape index (κ1) is 20.3. The smallest absolute Gasteiger partial charge is 0.445 e. The molecule has 1 amide bonds. The number of rotatable bonds is 6. The fourth-order valence-corrected chi connectivity index (χ4v) is 2.44. The minimum Gasteiger partial charge on any atom is -0.445 e. The van der Waals surface area contributed by atoms with E-state index in [4.69, 9.17) is 4.74 Å². The van der Waals surface area contributed by atoms with Crippen LogP contribution in [0.4, 0.5) is 21.7 Å². The molecule has 2 aromatic carbocycles. The largest absolute Gasteiger partial charge is 0.509 e. The van der Waals surface area contributed by atoms with Crippen molar-refractivity contribution >= 4 is 18.3 Å². The normalized spacial score (nSPS) is 11.2. The van der Waals surface area contributed by atoms with Gasteiger partial charge in [0.15, 0.2) is 0 Å². The summed E-state index contributed by atoms with van der Waals surface area (Å²) in [6.45, 7) is -5.45. The maximum atomic E-state index is 13.8. The van der Waals surface area contributed by atoms with E-state index in [-0.39, 0.29) is 12.4 Å². The topological polar surface area (TPSA) is 51.2 Å². The Kier molecular flexibility index (Phi) is 5.81. The van der Waals surface area contributed by atoms with Crippen molar-refractivity contribution < 1.29 is 31.3 Å². The Morgan fingerprint density at radius 1 is 1.00 bits per heavy atom. The third-order valence-electron chi connectivity index (χ3n) is 3.90. The van der Waals surface area contributed by atoms with Crippen molar-refractivity contribution in [2.45, 2.75) is 6.54 Å². The molecule has 0 fully saturated rings.